The highest BCUT2D eigenvalue weighted by Gasteiger charge is 2.51. The Hall–Kier alpha value is -0.830. The maximum absolute atomic E-state index is 12.5. The van der Waals surface area contributed by atoms with E-state index in [1.165, 1.54) is 0 Å². The van der Waals surface area contributed by atoms with Gasteiger partial charge in [-0.15, -0.1) is 0 Å². The van der Waals surface area contributed by atoms with Crippen LogP contribution in [-0.2, 0) is 10.2 Å². The molecule has 0 radical (unpaired) electrons. The first-order valence-electron chi connectivity index (χ1n) is 6.44. The Kier molecular flexibility index (Phi) is 3.81. The topological polar surface area (TPSA) is 29.1 Å². The predicted octanol–water partition coefficient (Wildman–Crippen LogP) is 3.40. The van der Waals surface area contributed by atoms with Gasteiger partial charge >= 0.3 is 0 Å². The molecule has 1 fully saturated rings. The smallest absolute Gasteiger partial charge is 0.231 e. The van der Waals surface area contributed by atoms with E-state index >= 15 is 0 Å². The highest BCUT2D eigenvalue weighted by Crippen LogP contribution is 2.48. The molecule has 2 rings (SSSR count). The van der Waals surface area contributed by atoms with Crippen LogP contribution in [0.1, 0.15) is 38.7 Å². The Balaban J connectivity index is 2.10. The van der Waals surface area contributed by atoms with Crippen LogP contribution in [-0.4, -0.2) is 16.8 Å². The first-order chi connectivity index (χ1) is 8.50. The minimum atomic E-state index is -0.259. The molecule has 1 aliphatic carbocycles. The Labute approximate surface area is 117 Å². The van der Waals surface area contributed by atoms with E-state index < -0.39 is 0 Å². The Morgan fingerprint density at radius 1 is 1.33 bits per heavy atom. The van der Waals surface area contributed by atoms with Gasteiger partial charge in [0, 0.05) is 10.9 Å². The van der Waals surface area contributed by atoms with E-state index in [4.69, 9.17) is 0 Å². The molecule has 98 valence electrons. The highest BCUT2D eigenvalue weighted by atomic mass is 79.9. The third kappa shape index (κ3) is 2.77. The van der Waals surface area contributed by atoms with Crippen LogP contribution in [0.15, 0.2) is 30.3 Å². The van der Waals surface area contributed by atoms with E-state index in [1.54, 1.807) is 0 Å². The van der Waals surface area contributed by atoms with Crippen LogP contribution in [0.25, 0.3) is 0 Å². The number of rotatable bonds is 5. The summed E-state index contributed by atoms with van der Waals surface area (Å²) in [7, 11) is 0. The zero-order valence-electron chi connectivity index (χ0n) is 11.0. The molecule has 0 bridgehead atoms. The van der Waals surface area contributed by atoms with Crippen molar-refractivity contribution in [2.24, 2.45) is 0 Å². The molecule has 0 unspecified atom stereocenters. The number of alkyl halides is 1. The number of hydrogen-bond donors (Lipinski definition) is 1. The maximum atomic E-state index is 12.5. The van der Waals surface area contributed by atoms with Crippen molar-refractivity contribution in [3.63, 3.8) is 0 Å². The molecule has 1 N–H and O–H groups in total. The van der Waals surface area contributed by atoms with Crippen molar-refractivity contribution in [2.45, 2.75) is 44.1 Å². The zero-order valence-corrected chi connectivity index (χ0v) is 12.6. The first-order valence-corrected chi connectivity index (χ1v) is 7.56. The van der Waals surface area contributed by atoms with Crippen LogP contribution in [0.3, 0.4) is 0 Å². The average Bonchev–Trinajstić information content (AvgIpc) is 3.10. The minimum absolute atomic E-state index is 0.148. The fraction of sp³-hybridized carbons (Fsp3) is 0.533. The number of benzene rings is 1. The van der Waals surface area contributed by atoms with Gasteiger partial charge in [0.2, 0.25) is 5.91 Å². The number of halogens is 1. The SMILES string of the molecule is CC(C)(CCBr)NC(=O)C1(c2ccccc2)CC1. The molecular formula is C15H20BrNO. The maximum Gasteiger partial charge on any atom is 0.231 e. The number of amides is 1. The van der Waals surface area contributed by atoms with E-state index in [2.05, 4.69) is 47.2 Å². The highest BCUT2D eigenvalue weighted by molar-refractivity contribution is 9.09. The fourth-order valence-electron chi connectivity index (χ4n) is 2.25. The van der Waals surface area contributed by atoms with Gasteiger partial charge in [-0.3, -0.25) is 4.79 Å². The van der Waals surface area contributed by atoms with E-state index in [9.17, 15) is 4.79 Å². The number of nitrogens with one attached hydrogen (secondary N) is 1. The van der Waals surface area contributed by atoms with Crippen molar-refractivity contribution < 1.29 is 4.79 Å². The lowest BCUT2D eigenvalue weighted by Gasteiger charge is -2.28. The molecular weight excluding hydrogens is 290 g/mol. The molecule has 1 aliphatic rings. The van der Waals surface area contributed by atoms with Crippen LogP contribution in [0.2, 0.25) is 0 Å². The van der Waals surface area contributed by atoms with Gasteiger partial charge in [0.15, 0.2) is 0 Å². The number of carbonyl (C=O) groups is 1. The van der Waals surface area contributed by atoms with Crippen LogP contribution in [0.4, 0.5) is 0 Å². The molecule has 1 amide bonds. The summed E-state index contributed by atoms with van der Waals surface area (Å²) in [6.45, 7) is 4.15. The van der Waals surface area contributed by atoms with E-state index in [-0.39, 0.29) is 16.9 Å². The van der Waals surface area contributed by atoms with Gasteiger partial charge in [0.25, 0.3) is 0 Å². The van der Waals surface area contributed by atoms with Crippen molar-refractivity contribution in [3.8, 4) is 0 Å². The van der Waals surface area contributed by atoms with E-state index in [0.29, 0.717) is 0 Å². The van der Waals surface area contributed by atoms with Crippen LogP contribution in [0.5, 0.6) is 0 Å². The van der Waals surface area contributed by atoms with Crippen LogP contribution in [0, 0.1) is 0 Å². The fourth-order valence-corrected chi connectivity index (χ4v) is 3.25. The van der Waals surface area contributed by atoms with Gasteiger partial charge in [-0.2, -0.15) is 0 Å². The summed E-state index contributed by atoms with van der Waals surface area (Å²) in [5.74, 6) is 0.180. The second-order valence-electron chi connectivity index (χ2n) is 5.73. The third-order valence-corrected chi connectivity index (χ3v) is 4.08. The molecule has 0 heterocycles. The summed E-state index contributed by atoms with van der Waals surface area (Å²) < 4.78 is 0. The van der Waals surface area contributed by atoms with Crippen molar-refractivity contribution in [1.82, 2.24) is 5.32 Å². The van der Waals surface area contributed by atoms with Crippen molar-refractivity contribution in [1.29, 1.82) is 0 Å². The summed E-state index contributed by atoms with van der Waals surface area (Å²) in [4.78, 5) is 12.5. The lowest BCUT2D eigenvalue weighted by Crippen LogP contribution is -2.48. The van der Waals surface area contributed by atoms with Gasteiger partial charge in [0.1, 0.15) is 0 Å². The predicted molar refractivity (Wildman–Crippen MR) is 78.0 cm³/mol. The van der Waals surface area contributed by atoms with Crippen molar-refractivity contribution in [3.05, 3.63) is 35.9 Å². The van der Waals surface area contributed by atoms with Crippen molar-refractivity contribution >= 4 is 21.8 Å². The summed E-state index contributed by atoms with van der Waals surface area (Å²) in [5, 5.41) is 4.09. The average molecular weight is 310 g/mol. The minimum Gasteiger partial charge on any atom is -0.350 e. The Morgan fingerprint density at radius 3 is 2.44 bits per heavy atom. The second kappa shape index (κ2) is 5.04. The van der Waals surface area contributed by atoms with Crippen LogP contribution < -0.4 is 5.32 Å². The summed E-state index contributed by atoms with van der Waals surface area (Å²) in [6.07, 6.45) is 2.87. The number of carbonyl (C=O) groups excluding carboxylic acids is 1. The molecule has 2 nitrogen and oxygen atoms in total. The van der Waals surface area contributed by atoms with Gasteiger partial charge in [-0.1, -0.05) is 46.3 Å². The number of hydrogen-bond acceptors (Lipinski definition) is 1. The standard InChI is InChI=1S/C15H20BrNO/c1-14(2,10-11-16)17-13(18)15(8-9-15)12-6-4-3-5-7-12/h3-7H,8-11H2,1-2H3,(H,17,18). The molecule has 0 saturated heterocycles. The quantitative estimate of drug-likeness (QED) is 0.830. The van der Waals surface area contributed by atoms with Crippen LogP contribution >= 0.6 is 15.9 Å². The molecule has 0 aromatic heterocycles. The lowest BCUT2D eigenvalue weighted by atomic mass is 9.92. The molecule has 0 atom stereocenters. The largest absolute Gasteiger partial charge is 0.350 e. The van der Waals surface area contributed by atoms with Gasteiger partial charge in [0.05, 0.1) is 5.41 Å². The molecule has 3 heteroatoms. The molecule has 1 aromatic rings. The Morgan fingerprint density at radius 2 is 1.94 bits per heavy atom. The summed E-state index contributed by atoms with van der Waals surface area (Å²) in [5.41, 5.74) is 0.743. The molecule has 0 aliphatic heterocycles. The molecule has 0 spiro atoms. The van der Waals surface area contributed by atoms with E-state index in [0.717, 1.165) is 30.2 Å². The van der Waals surface area contributed by atoms with Gasteiger partial charge in [-0.05, 0) is 38.7 Å². The first kappa shape index (κ1) is 13.6. The zero-order chi connectivity index (χ0) is 13.2. The third-order valence-electron chi connectivity index (χ3n) is 3.68. The lowest BCUT2D eigenvalue weighted by molar-refractivity contribution is -0.125. The monoisotopic (exact) mass is 309 g/mol. The van der Waals surface area contributed by atoms with E-state index in [1.807, 2.05) is 18.2 Å². The molecule has 18 heavy (non-hydrogen) atoms. The molecule has 1 saturated carbocycles. The normalized spacial score (nSPS) is 17.3. The van der Waals surface area contributed by atoms with Crippen molar-refractivity contribution in [2.75, 3.05) is 5.33 Å². The van der Waals surface area contributed by atoms with Gasteiger partial charge < -0.3 is 5.32 Å². The summed E-state index contributed by atoms with van der Waals surface area (Å²) >= 11 is 3.43. The summed E-state index contributed by atoms with van der Waals surface area (Å²) in [6, 6.07) is 10.1. The second-order valence-corrected chi connectivity index (χ2v) is 6.52. The van der Waals surface area contributed by atoms with Gasteiger partial charge in [-0.25, -0.2) is 0 Å². The molecule has 1 aromatic carbocycles. The Bertz CT molecular complexity index is 423.